The number of aromatic carboxylic acids is 1. The Morgan fingerprint density at radius 3 is 2.54 bits per heavy atom. The van der Waals surface area contributed by atoms with Crippen molar-refractivity contribution in [3.63, 3.8) is 0 Å². The van der Waals surface area contributed by atoms with Crippen LogP contribution in [0.2, 0.25) is 0 Å². The van der Waals surface area contributed by atoms with Gasteiger partial charge in [-0.2, -0.15) is 4.31 Å². The van der Waals surface area contributed by atoms with Gasteiger partial charge in [0.15, 0.2) is 0 Å². The molecule has 7 nitrogen and oxygen atoms in total. The highest BCUT2D eigenvalue weighted by Crippen LogP contribution is 2.30. The zero-order valence-corrected chi connectivity index (χ0v) is 14.2. The van der Waals surface area contributed by atoms with E-state index in [0.717, 1.165) is 22.5 Å². The highest BCUT2D eigenvalue weighted by Gasteiger charge is 2.39. The van der Waals surface area contributed by atoms with Crippen LogP contribution in [-0.2, 0) is 14.8 Å². The molecule has 1 saturated heterocycles. The van der Waals surface area contributed by atoms with Crippen LogP contribution in [0, 0.1) is 5.82 Å². The first-order valence-electron chi connectivity index (χ1n) is 7.69. The molecule has 1 heterocycles. The van der Waals surface area contributed by atoms with Crippen molar-refractivity contribution in [1.82, 2.24) is 9.62 Å². The fourth-order valence-electron chi connectivity index (χ4n) is 2.79. The molecule has 1 aliphatic heterocycles. The van der Waals surface area contributed by atoms with E-state index >= 15 is 0 Å². The van der Waals surface area contributed by atoms with E-state index < -0.39 is 33.8 Å². The van der Waals surface area contributed by atoms with Gasteiger partial charge in [0.2, 0.25) is 15.9 Å². The molecule has 3 rings (SSSR count). The minimum atomic E-state index is -4.14. The van der Waals surface area contributed by atoms with Crippen LogP contribution in [-0.4, -0.2) is 42.8 Å². The first kappa shape index (κ1) is 18.0. The molecule has 0 saturated carbocycles. The number of rotatable bonds is 4. The van der Waals surface area contributed by atoms with E-state index in [9.17, 15) is 22.4 Å². The quantitative estimate of drug-likeness (QED) is 0.837. The highest BCUT2D eigenvalue weighted by molar-refractivity contribution is 7.89. The Morgan fingerprint density at radius 2 is 1.88 bits per heavy atom. The number of carboxylic acids is 1. The number of carbonyl (C=O) groups is 2. The predicted molar refractivity (Wildman–Crippen MR) is 89.4 cm³/mol. The van der Waals surface area contributed by atoms with Gasteiger partial charge in [-0.3, -0.25) is 4.79 Å². The van der Waals surface area contributed by atoms with E-state index in [1.54, 1.807) is 0 Å². The maximum absolute atomic E-state index is 13.2. The van der Waals surface area contributed by atoms with Crippen LogP contribution in [0.15, 0.2) is 53.4 Å². The Bertz CT molecular complexity index is 959. The van der Waals surface area contributed by atoms with Crippen molar-refractivity contribution < 1.29 is 27.5 Å². The van der Waals surface area contributed by atoms with Crippen molar-refractivity contribution >= 4 is 21.9 Å². The van der Waals surface area contributed by atoms with Crippen LogP contribution in [0.5, 0.6) is 0 Å². The second-order valence-corrected chi connectivity index (χ2v) is 7.58. The van der Waals surface area contributed by atoms with E-state index in [0.29, 0.717) is 5.56 Å². The molecule has 2 aromatic rings. The fourth-order valence-corrected chi connectivity index (χ4v) is 4.42. The summed E-state index contributed by atoms with van der Waals surface area (Å²) in [5.74, 6) is -2.29. The van der Waals surface area contributed by atoms with Crippen molar-refractivity contribution in [2.45, 2.75) is 10.9 Å². The van der Waals surface area contributed by atoms with Crippen LogP contribution in [0.4, 0.5) is 4.39 Å². The van der Waals surface area contributed by atoms with Gasteiger partial charge in [-0.1, -0.05) is 18.2 Å². The lowest BCUT2D eigenvalue weighted by molar-refractivity contribution is -0.126. The zero-order valence-electron chi connectivity index (χ0n) is 13.4. The molecule has 26 heavy (non-hydrogen) atoms. The second-order valence-electron chi connectivity index (χ2n) is 5.69. The standard InChI is InChI=1S/C17H15FN2O5S/c18-13-6-4-11(5-7-13)15-16(21)19-8-9-20(15)26(24,25)14-3-1-2-12(10-14)17(22)23/h1-7,10,15H,8-9H2,(H,19,21)(H,22,23). The predicted octanol–water partition coefficient (Wildman–Crippen LogP) is 1.39. The number of hydrogen-bond donors (Lipinski definition) is 2. The number of amides is 1. The van der Waals surface area contributed by atoms with Crippen LogP contribution in [0.1, 0.15) is 22.0 Å². The molecule has 0 aromatic heterocycles. The zero-order chi connectivity index (χ0) is 18.9. The Hall–Kier alpha value is -2.78. The van der Waals surface area contributed by atoms with Crippen LogP contribution in [0.3, 0.4) is 0 Å². The molecule has 136 valence electrons. The summed E-state index contributed by atoms with van der Waals surface area (Å²) in [5, 5.41) is 11.7. The summed E-state index contributed by atoms with van der Waals surface area (Å²) < 4.78 is 40.3. The average Bonchev–Trinajstić information content (AvgIpc) is 2.62. The molecule has 1 unspecified atom stereocenters. The van der Waals surface area contributed by atoms with E-state index in [1.165, 1.54) is 30.3 Å². The van der Waals surface area contributed by atoms with Crippen LogP contribution < -0.4 is 5.32 Å². The molecular weight excluding hydrogens is 363 g/mol. The monoisotopic (exact) mass is 378 g/mol. The molecule has 0 aliphatic carbocycles. The van der Waals surface area contributed by atoms with E-state index in [4.69, 9.17) is 5.11 Å². The van der Waals surface area contributed by atoms with Gasteiger partial charge in [0.25, 0.3) is 0 Å². The molecule has 0 spiro atoms. The molecule has 1 aliphatic rings. The van der Waals surface area contributed by atoms with Crippen LogP contribution in [0.25, 0.3) is 0 Å². The SMILES string of the molecule is O=C(O)c1cccc(S(=O)(=O)N2CCNC(=O)C2c2ccc(F)cc2)c1. The van der Waals surface area contributed by atoms with Gasteiger partial charge in [0, 0.05) is 13.1 Å². The molecule has 1 atom stereocenters. The number of benzene rings is 2. The third kappa shape index (κ3) is 3.31. The number of piperazine rings is 1. The maximum atomic E-state index is 13.2. The number of sulfonamides is 1. The van der Waals surface area contributed by atoms with Gasteiger partial charge < -0.3 is 10.4 Å². The van der Waals surface area contributed by atoms with Crippen molar-refractivity contribution in [3.8, 4) is 0 Å². The fraction of sp³-hybridized carbons (Fsp3) is 0.176. The molecule has 0 radical (unpaired) electrons. The smallest absolute Gasteiger partial charge is 0.335 e. The molecule has 1 amide bonds. The molecule has 0 bridgehead atoms. The largest absolute Gasteiger partial charge is 0.478 e. The van der Waals surface area contributed by atoms with Crippen LogP contribution >= 0.6 is 0 Å². The summed E-state index contributed by atoms with van der Waals surface area (Å²) >= 11 is 0. The lowest BCUT2D eigenvalue weighted by Gasteiger charge is -2.34. The van der Waals surface area contributed by atoms with Crippen molar-refractivity contribution in [2.24, 2.45) is 0 Å². The summed E-state index contributed by atoms with van der Waals surface area (Å²) in [5.41, 5.74) is 0.146. The molecule has 2 N–H and O–H groups in total. The third-order valence-corrected chi connectivity index (χ3v) is 5.90. The summed E-state index contributed by atoms with van der Waals surface area (Å²) in [4.78, 5) is 23.2. The number of halogens is 1. The highest BCUT2D eigenvalue weighted by atomic mass is 32.2. The van der Waals surface area contributed by atoms with Gasteiger partial charge in [0.05, 0.1) is 10.5 Å². The molecule has 9 heteroatoms. The molecule has 2 aromatic carbocycles. The third-order valence-electron chi connectivity index (χ3n) is 4.04. The van der Waals surface area contributed by atoms with Gasteiger partial charge >= 0.3 is 5.97 Å². The number of carboxylic acid groups (broad SMARTS) is 1. The van der Waals surface area contributed by atoms with Crippen molar-refractivity contribution in [1.29, 1.82) is 0 Å². The Morgan fingerprint density at radius 1 is 1.19 bits per heavy atom. The summed E-state index contributed by atoms with van der Waals surface area (Å²) in [6.07, 6.45) is 0. The Balaban J connectivity index is 2.06. The number of nitrogens with zero attached hydrogens (tertiary/aromatic N) is 1. The summed E-state index contributed by atoms with van der Waals surface area (Å²) in [6, 6.07) is 8.75. The average molecular weight is 378 g/mol. The second kappa shape index (κ2) is 6.85. The lowest BCUT2D eigenvalue weighted by atomic mass is 10.0. The van der Waals surface area contributed by atoms with Gasteiger partial charge in [0.1, 0.15) is 11.9 Å². The number of carbonyl (C=O) groups excluding carboxylic acids is 1. The summed E-state index contributed by atoms with van der Waals surface area (Å²) in [6.45, 7) is 0.127. The number of nitrogens with one attached hydrogen (secondary N) is 1. The first-order chi connectivity index (χ1) is 12.3. The van der Waals surface area contributed by atoms with E-state index in [1.807, 2.05) is 0 Å². The maximum Gasteiger partial charge on any atom is 0.335 e. The Kier molecular flexibility index (Phi) is 4.75. The Labute approximate surface area is 149 Å². The lowest BCUT2D eigenvalue weighted by Crippen LogP contribution is -2.52. The van der Waals surface area contributed by atoms with Gasteiger partial charge in [-0.25, -0.2) is 17.6 Å². The van der Waals surface area contributed by atoms with E-state index in [-0.39, 0.29) is 23.5 Å². The molecule has 1 fully saturated rings. The minimum Gasteiger partial charge on any atom is -0.478 e. The van der Waals surface area contributed by atoms with E-state index in [2.05, 4.69) is 5.32 Å². The van der Waals surface area contributed by atoms with Crippen molar-refractivity contribution in [2.75, 3.05) is 13.1 Å². The topological polar surface area (TPSA) is 104 Å². The number of hydrogen-bond acceptors (Lipinski definition) is 4. The van der Waals surface area contributed by atoms with Gasteiger partial charge in [-0.15, -0.1) is 0 Å². The normalized spacial score (nSPS) is 18.3. The molecular formula is C17H15FN2O5S. The first-order valence-corrected chi connectivity index (χ1v) is 9.13. The van der Waals surface area contributed by atoms with Crippen molar-refractivity contribution in [3.05, 3.63) is 65.5 Å². The minimum absolute atomic E-state index is 0.00736. The van der Waals surface area contributed by atoms with Gasteiger partial charge in [-0.05, 0) is 35.9 Å². The summed E-state index contributed by atoms with van der Waals surface area (Å²) in [7, 11) is -4.14.